The second kappa shape index (κ2) is 12.7. The number of hydrogen-bond donors (Lipinski definition) is 1. The Balaban J connectivity index is 1.78. The Morgan fingerprint density at radius 2 is 2.00 bits per heavy atom. The van der Waals surface area contributed by atoms with Gasteiger partial charge in [-0.2, -0.15) is 0 Å². The average Bonchev–Trinajstić information content (AvgIpc) is 3.53. The number of likely N-dealkylation sites (tertiary alicyclic amines) is 1. The van der Waals surface area contributed by atoms with Crippen LogP contribution in [0.2, 0.25) is 5.02 Å². The first-order valence-corrected chi connectivity index (χ1v) is 15.1. The van der Waals surface area contributed by atoms with E-state index in [4.69, 9.17) is 21.1 Å². The number of hydrogen-bond acceptors (Lipinski definition) is 6. The minimum Gasteiger partial charge on any atom is -0.465 e. The fourth-order valence-corrected chi connectivity index (χ4v) is 7.32. The first-order valence-electron chi connectivity index (χ1n) is 14.7. The van der Waals surface area contributed by atoms with Crippen molar-refractivity contribution in [1.29, 1.82) is 0 Å². The van der Waals surface area contributed by atoms with Gasteiger partial charge in [-0.15, -0.1) is 13.2 Å². The van der Waals surface area contributed by atoms with Crippen molar-refractivity contribution < 1.29 is 29.0 Å². The van der Waals surface area contributed by atoms with Gasteiger partial charge in [0.2, 0.25) is 5.91 Å². The van der Waals surface area contributed by atoms with Crippen LogP contribution in [0.15, 0.2) is 49.6 Å². The van der Waals surface area contributed by atoms with Gasteiger partial charge in [0.15, 0.2) is 0 Å². The quantitative estimate of drug-likeness (QED) is 0.189. The second-order valence-corrected chi connectivity index (χ2v) is 12.2. The van der Waals surface area contributed by atoms with Crippen molar-refractivity contribution in [2.75, 3.05) is 24.7 Å². The van der Waals surface area contributed by atoms with Crippen molar-refractivity contribution in [3.8, 4) is 0 Å². The van der Waals surface area contributed by atoms with Gasteiger partial charge in [-0.05, 0) is 57.1 Å². The van der Waals surface area contributed by atoms with E-state index in [1.165, 1.54) is 9.80 Å². The average molecular weight is 587 g/mol. The molecule has 4 rings (SSSR count). The molecule has 1 spiro atoms. The van der Waals surface area contributed by atoms with E-state index >= 15 is 0 Å². The third-order valence-corrected chi connectivity index (χ3v) is 9.63. The Labute approximate surface area is 248 Å². The number of halogens is 1. The predicted molar refractivity (Wildman–Crippen MR) is 158 cm³/mol. The van der Waals surface area contributed by atoms with E-state index in [1.807, 2.05) is 26.8 Å². The molecule has 0 saturated carbocycles. The van der Waals surface area contributed by atoms with Gasteiger partial charge in [-0.25, -0.2) is 0 Å². The van der Waals surface area contributed by atoms with Gasteiger partial charge in [0.25, 0.3) is 5.91 Å². The summed E-state index contributed by atoms with van der Waals surface area (Å²) in [6.07, 6.45) is 7.42. The summed E-state index contributed by atoms with van der Waals surface area (Å²) in [5.74, 6) is -3.06. The fourth-order valence-electron chi connectivity index (χ4n) is 7.08. The summed E-state index contributed by atoms with van der Waals surface area (Å²) in [6.45, 7) is 13.4. The fraction of sp³-hybridized carbons (Fsp3) is 0.594. The first kappa shape index (κ1) is 31.3. The van der Waals surface area contributed by atoms with Gasteiger partial charge in [0.05, 0.1) is 41.5 Å². The molecule has 1 aromatic rings. The third kappa shape index (κ3) is 5.35. The molecule has 2 unspecified atom stereocenters. The SMILES string of the molecule is C=CCCCCOC(=O)[C@H]1[C@H]2C(=O)N([C@@H](CO)[C@@H](C)CC)C(C(=O)N(CC=C)c3ccccc3Cl)C23CC[C@]1(C)O3. The van der Waals surface area contributed by atoms with Crippen LogP contribution in [0.25, 0.3) is 0 Å². The van der Waals surface area contributed by atoms with Crippen LogP contribution >= 0.6 is 11.6 Å². The number of carbonyl (C=O) groups excluding carboxylic acids is 3. The first-order chi connectivity index (χ1) is 19.6. The lowest BCUT2D eigenvalue weighted by atomic mass is 9.66. The standard InChI is InChI=1S/C32H43ClN2O6/c1-6-9-10-13-19-40-30(39)26-25-28(37)35(24(20-36)21(4)8-3)27(32(25)17-16-31(26,5)41-32)29(38)34(18-7-2)23-15-12-11-14-22(23)33/h6-7,11-12,14-15,21,24-27,36H,1-2,8-10,13,16-20H2,3-5H3/t21-,24-,25-,26+,27?,31-,32?/m0/s1. The lowest BCUT2D eigenvalue weighted by Crippen LogP contribution is -2.60. The highest BCUT2D eigenvalue weighted by molar-refractivity contribution is 6.34. The van der Waals surface area contributed by atoms with Crippen LogP contribution in [-0.4, -0.2) is 70.8 Å². The predicted octanol–water partition coefficient (Wildman–Crippen LogP) is 4.93. The molecule has 3 aliphatic heterocycles. The Hall–Kier alpha value is -2.68. The number of anilines is 1. The Morgan fingerprint density at radius 1 is 1.27 bits per heavy atom. The molecule has 1 N–H and O–H groups in total. The topological polar surface area (TPSA) is 96.4 Å². The molecule has 8 nitrogen and oxygen atoms in total. The van der Waals surface area contributed by atoms with Crippen molar-refractivity contribution in [3.63, 3.8) is 0 Å². The number of esters is 1. The summed E-state index contributed by atoms with van der Waals surface area (Å²) in [7, 11) is 0. The molecule has 3 heterocycles. The molecule has 9 heteroatoms. The number of nitrogens with zero attached hydrogens (tertiary/aromatic N) is 2. The summed E-state index contributed by atoms with van der Waals surface area (Å²) in [5.41, 5.74) is -1.69. The smallest absolute Gasteiger partial charge is 0.312 e. The third-order valence-electron chi connectivity index (χ3n) is 9.32. The monoisotopic (exact) mass is 586 g/mol. The van der Waals surface area contributed by atoms with E-state index in [0.717, 1.165) is 12.8 Å². The van der Waals surface area contributed by atoms with Crippen LogP contribution in [0, 0.1) is 17.8 Å². The molecule has 3 fully saturated rings. The van der Waals surface area contributed by atoms with Gasteiger partial charge in [0, 0.05) is 6.54 Å². The van der Waals surface area contributed by atoms with Crippen LogP contribution in [-0.2, 0) is 23.9 Å². The van der Waals surface area contributed by atoms with E-state index in [9.17, 15) is 19.5 Å². The number of allylic oxidation sites excluding steroid dienone is 1. The van der Waals surface area contributed by atoms with Gasteiger partial charge in [-0.1, -0.05) is 56.2 Å². The highest BCUT2D eigenvalue weighted by atomic mass is 35.5. The minimum atomic E-state index is -1.24. The van der Waals surface area contributed by atoms with Crippen molar-refractivity contribution in [3.05, 3.63) is 54.6 Å². The van der Waals surface area contributed by atoms with Crippen molar-refractivity contribution in [1.82, 2.24) is 4.90 Å². The Kier molecular flexibility index (Phi) is 9.66. The maximum atomic E-state index is 14.7. The van der Waals surface area contributed by atoms with Gasteiger partial charge in [-0.3, -0.25) is 14.4 Å². The molecule has 2 amide bonds. The number of aliphatic hydroxyl groups excluding tert-OH is 1. The number of rotatable bonds is 14. The zero-order chi connectivity index (χ0) is 29.9. The van der Waals surface area contributed by atoms with E-state index < -0.39 is 41.1 Å². The molecule has 0 aromatic heterocycles. The molecular formula is C32H43ClN2O6. The van der Waals surface area contributed by atoms with E-state index in [0.29, 0.717) is 36.4 Å². The van der Waals surface area contributed by atoms with Crippen LogP contribution in [0.4, 0.5) is 5.69 Å². The van der Waals surface area contributed by atoms with E-state index in [-0.39, 0.29) is 37.5 Å². The lowest BCUT2D eigenvalue weighted by Gasteiger charge is -2.41. The highest BCUT2D eigenvalue weighted by Gasteiger charge is 2.79. The van der Waals surface area contributed by atoms with Crippen LogP contribution in [0.1, 0.15) is 59.3 Å². The maximum Gasteiger partial charge on any atom is 0.312 e. The van der Waals surface area contributed by atoms with Gasteiger partial charge >= 0.3 is 5.97 Å². The maximum absolute atomic E-state index is 14.7. The number of carbonyl (C=O) groups is 3. The normalized spacial score (nSPS) is 29.6. The molecule has 224 valence electrons. The van der Waals surface area contributed by atoms with Gasteiger partial charge < -0.3 is 24.4 Å². The number of unbranched alkanes of at least 4 members (excludes halogenated alkanes) is 2. The van der Waals surface area contributed by atoms with E-state index in [1.54, 1.807) is 30.3 Å². The van der Waals surface area contributed by atoms with Crippen molar-refractivity contribution in [2.45, 2.75) is 82.6 Å². The summed E-state index contributed by atoms with van der Waals surface area (Å²) < 4.78 is 12.4. The summed E-state index contributed by atoms with van der Waals surface area (Å²) in [5, 5.41) is 10.9. The van der Waals surface area contributed by atoms with Crippen LogP contribution < -0.4 is 4.90 Å². The lowest BCUT2D eigenvalue weighted by molar-refractivity contribution is -0.161. The molecular weight excluding hydrogens is 544 g/mol. The molecule has 2 bridgehead atoms. The summed E-state index contributed by atoms with van der Waals surface area (Å²) in [6, 6.07) is 5.33. The summed E-state index contributed by atoms with van der Waals surface area (Å²) in [4.78, 5) is 45.8. The Morgan fingerprint density at radius 3 is 2.63 bits per heavy atom. The molecule has 0 radical (unpaired) electrons. The van der Waals surface area contributed by atoms with Crippen LogP contribution in [0.5, 0.6) is 0 Å². The Bertz CT molecular complexity index is 1170. The molecule has 41 heavy (non-hydrogen) atoms. The zero-order valence-corrected chi connectivity index (χ0v) is 25.1. The number of benzene rings is 1. The molecule has 3 saturated heterocycles. The second-order valence-electron chi connectivity index (χ2n) is 11.7. The largest absolute Gasteiger partial charge is 0.465 e. The molecule has 0 aliphatic carbocycles. The molecule has 3 aliphatic rings. The molecule has 1 aromatic carbocycles. The van der Waals surface area contributed by atoms with Crippen molar-refractivity contribution in [2.24, 2.45) is 17.8 Å². The van der Waals surface area contributed by atoms with Crippen molar-refractivity contribution >= 4 is 35.1 Å². The molecule has 7 atom stereocenters. The number of amides is 2. The number of para-hydroxylation sites is 1. The van der Waals surface area contributed by atoms with Crippen LogP contribution in [0.3, 0.4) is 0 Å². The minimum absolute atomic E-state index is 0.106. The van der Waals surface area contributed by atoms with Gasteiger partial charge in [0.1, 0.15) is 17.6 Å². The number of ether oxygens (including phenoxy) is 2. The van der Waals surface area contributed by atoms with E-state index in [2.05, 4.69) is 13.2 Å². The number of aliphatic hydroxyl groups is 1. The summed E-state index contributed by atoms with van der Waals surface area (Å²) >= 11 is 6.54. The number of fused-ring (bicyclic) bond motifs is 1. The zero-order valence-electron chi connectivity index (χ0n) is 24.4. The highest BCUT2D eigenvalue weighted by Crippen LogP contribution is 2.64.